The van der Waals surface area contributed by atoms with Crippen molar-refractivity contribution in [3.05, 3.63) is 53.6 Å². The molecule has 2 aromatic rings. The molecule has 5 nitrogen and oxygen atoms in total. The summed E-state index contributed by atoms with van der Waals surface area (Å²) in [4.78, 5) is 14.1. The molecule has 2 amide bonds. The van der Waals surface area contributed by atoms with E-state index in [-0.39, 0.29) is 31.5 Å². The van der Waals surface area contributed by atoms with Crippen molar-refractivity contribution < 1.29 is 23.0 Å². The van der Waals surface area contributed by atoms with Gasteiger partial charge in [0.2, 0.25) is 0 Å². The van der Waals surface area contributed by atoms with Crippen LogP contribution in [0.25, 0.3) is 0 Å². The van der Waals surface area contributed by atoms with E-state index in [9.17, 15) is 13.6 Å². The topological polar surface area (TPSA) is 50.8 Å². The Hall–Kier alpha value is -2.83. The molecule has 1 aliphatic heterocycles. The third kappa shape index (κ3) is 3.71. The van der Waals surface area contributed by atoms with Crippen LogP contribution >= 0.6 is 0 Å². The number of rotatable bonds is 3. The molecule has 1 atom stereocenters. The number of urea groups is 1. The van der Waals surface area contributed by atoms with E-state index in [0.717, 1.165) is 11.6 Å². The highest BCUT2D eigenvalue weighted by molar-refractivity contribution is 5.90. The number of nitrogens with one attached hydrogen (secondary N) is 1. The first-order chi connectivity index (χ1) is 12.5. The summed E-state index contributed by atoms with van der Waals surface area (Å²) in [5.41, 5.74) is 0.308. The number of anilines is 1. The molecular weight excluding hydrogens is 342 g/mol. The largest absolute Gasteiger partial charge is 0.491 e. The summed E-state index contributed by atoms with van der Waals surface area (Å²) in [6.07, 6.45) is -0.256. The lowest BCUT2D eigenvalue weighted by Crippen LogP contribution is -2.39. The highest BCUT2D eigenvalue weighted by Crippen LogP contribution is 2.29. The number of ether oxygens (including phenoxy) is 2. The zero-order valence-corrected chi connectivity index (χ0v) is 14.6. The van der Waals surface area contributed by atoms with Crippen LogP contribution < -0.4 is 14.8 Å². The highest BCUT2D eigenvalue weighted by atomic mass is 19.1. The Kier molecular flexibility index (Phi) is 5.25. The normalized spacial score (nSPS) is 16.3. The van der Waals surface area contributed by atoms with Crippen LogP contribution in [0.5, 0.6) is 11.5 Å². The third-order valence-corrected chi connectivity index (χ3v) is 4.01. The van der Waals surface area contributed by atoms with E-state index in [1.165, 1.54) is 11.0 Å². The molecule has 0 aliphatic carbocycles. The summed E-state index contributed by atoms with van der Waals surface area (Å²) in [6, 6.07) is 9.03. The number of halogens is 2. The quantitative estimate of drug-likeness (QED) is 0.891. The summed E-state index contributed by atoms with van der Waals surface area (Å²) < 4.78 is 39.4. The third-order valence-electron chi connectivity index (χ3n) is 4.01. The van der Waals surface area contributed by atoms with Crippen molar-refractivity contribution in [2.45, 2.75) is 26.5 Å². The predicted octanol–water partition coefficient (Wildman–Crippen LogP) is 4.18. The van der Waals surface area contributed by atoms with Crippen molar-refractivity contribution in [3.8, 4) is 11.5 Å². The second kappa shape index (κ2) is 7.59. The Morgan fingerprint density at radius 2 is 2.08 bits per heavy atom. The maximum absolute atomic E-state index is 14.4. The fraction of sp³-hybridized carbons (Fsp3) is 0.316. The summed E-state index contributed by atoms with van der Waals surface area (Å²) in [6.45, 7) is 4.32. The van der Waals surface area contributed by atoms with E-state index in [0.29, 0.717) is 5.75 Å². The maximum atomic E-state index is 14.4. The Balaban J connectivity index is 1.83. The lowest BCUT2D eigenvalue weighted by atomic mass is 10.2. The van der Waals surface area contributed by atoms with E-state index >= 15 is 0 Å². The molecule has 0 fully saturated rings. The van der Waals surface area contributed by atoms with E-state index in [2.05, 4.69) is 5.32 Å². The molecule has 1 unspecified atom stereocenters. The van der Waals surface area contributed by atoms with Gasteiger partial charge in [-0.25, -0.2) is 13.6 Å². The van der Waals surface area contributed by atoms with Crippen LogP contribution in [-0.4, -0.2) is 30.2 Å². The van der Waals surface area contributed by atoms with E-state index in [4.69, 9.17) is 9.47 Å². The molecule has 7 heteroatoms. The smallest absolute Gasteiger partial charge is 0.322 e. The molecule has 0 spiro atoms. The molecule has 0 saturated heterocycles. The van der Waals surface area contributed by atoms with Gasteiger partial charge in [-0.15, -0.1) is 0 Å². The lowest BCUT2D eigenvalue weighted by molar-refractivity contribution is 0.166. The van der Waals surface area contributed by atoms with Crippen LogP contribution in [0.15, 0.2) is 36.4 Å². The van der Waals surface area contributed by atoms with Gasteiger partial charge in [0.1, 0.15) is 23.4 Å². The average molecular weight is 362 g/mol. The fourth-order valence-corrected chi connectivity index (χ4v) is 2.84. The maximum Gasteiger partial charge on any atom is 0.322 e. The number of fused-ring (bicyclic) bond motifs is 1. The summed E-state index contributed by atoms with van der Waals surface area (Å²) in [5, 5.41) is 2.33. The Labute approximate surface area is 150 Å². The van der Waals surface area contributed by atoms with Crippen LogP contribution in [0.1, 0.15) is 19.4 Å². The molecule has 0 radical (unpaired) electrons. The number of carbonyl (C=O) groups excluding carboxylic acids is 1. The van der Waals surface area contributed by atoms with Gasteiger partial charge in [0.05, 0.1) is 19.7 Å². The minimum atomic E-state index is -0.931. The van der Waals surface area contributed by atoms with Crippen molar-refractivity contribution in [2.24, 2.45) is 0 Å². The molecular formula is C19H20F2N2O3. The van der Waals surface area contributed by atoms with Crippen LogP contribution in [-0.2, 0) is 6.54 Å². The first-order valence-corrected chi connectivity index (χ1v) is 8.41. The number of para-hydroxylation sites is 1. The summed E-state index contributed by atoms with van der Waals surface area (Å²) in [5.74, 6) is -1.20. The first-order valence-electron chi connectivity index (χ1n) is 8.41. The number of amides is 2. The molecule has 0 aromatic heterocycles. The molecule has 0 saturated carbocycles. The number of benzene rings is 2. The zero-order valence-electron chi connectivity index (χ0n) is 14.6. The molecule has 138 valence electrons. The summed E-state index contributed by atoms with van der Waals surface area (Å²) >= 11 is 0. The first kappa shape index (κ1) is 18.0. The van der Waals surface area contributed by atoms with Crippen molar-refractivity contribution >= 4 is 11.7 Å². The highest BCUT2D eigenvalue weighted by Gasteiger charge is 2.25. The Morgan fingerprint density at radius 3 is 2.85 bits per heavy atom. The SMILES string of the molecule is CCOc1ccc(F)c(NC(=O)N2Cc3ccccc3OC(C)C2)c1F. The van der Waals surface area contributed by atoms with Crippen molar-refractivity contribution in [2.75, 3.05) is 18.5 Å². The molecule has 1 N–H and O–H groups in total. The van der Waals surface area contributed by atoms with Crippen molar-refractivity contribution in [1.82, 2.24) is 4.90 Å². The predicted molar refractivity (Wildman–Crippen MR) is 93.5 cm³/mol. The van der Waals surface area contributed by atoms with Crippen molar-refractivity contribution in [1.29, 1.82) is 0 Å². The molecule has 1 heterocycles. The second-order valence-electron chi connectivity index (χ2n) is 6.01. The van der Waals surface area contributed by atoms with Gasteiger partial charge in [-0.1, -0.05) is 18.2 Å². The zero-order chi connectivity index (χ0) is 18.7. The van der Waals surface area contributed by atoms with Crippen LogP contribution in [0, 0.1) is 11.6 Å². The Bertz CT molecular complexity index is 813. The number of hydrogen-bond acceptors (Lipinski definition) is 3. The second-order valence-corrected chi connectivity index (χ2v) is 6.01. The van der Waals surface area contributed by atoms with Crippen LogP contribution in [0.3, 0.4) is 0 Å². The molecule has 26 heavy (non-hydrogen) atoms. The number of nitrogens with zero attached hydrogens (tertiary/aromatic N) is 1. The van der Waals surface area contributed by atoms with Gasteiger partial charge in [0.25, 0.3) is 0 Å². The summed E-state index contributed by atoms with van der Waals surface area (Å²) in [7, 11) is 0. The molecule has 2 aromatic carbocycles. The standard InChI is InChI=1S/C19H20F2N2O3/c1-3-25-16-9-8-14(20)18(17(16)21)22-19(24)23-10-12(2)26-15-7-5-4-6-13(15)11-23/h4-9,12H,3,10-11H2,1-2H3,(H,22,24). The van der Waals surface area contributed by atoms with Gasteiger partial charge >= 0.3 is 6.03 Å². The molecule has 0 bridgehead atoms. The van der Waals surface area contributed by atoms with Gasteiger partial charge in [-0.2, -0.15) is 0 Å². The average Bonchev–Trinajstić information content (AvgIpc) is 2.79. The lowest BCUT2D eigenvalue weighted by Gasteiger charge is -2.23. The molecule has 1 aliphatic rings. The van der Waals surface area contributed by atoms with E-state index < -0.39 is 23.4 Å². The number of hydrogen-bond donors (Lipinski definition) is 1. The Morgan fingerprint density at radius 1 is 1.31 bits per heavy atom. The minimum absolute atomic E-state index is 0.109. The van der Waals surface area contributed by atoms with Crippen LogP contribution in [0.2, 0.25) is 0 Å². The van der Waals surface area contributed by atoms with Gasteiger partial charge in [-0.05, 0) is 32.0 Å². The van der Waals surface area contributed by atoms with E-state index in [1.807, 2.05) is 31.2 Å². The van der Waals surface area contributed by atoms with Gasteiger partial charge in [-0.3, -0.25) is 0 Å². The van der Waals surface area contributed by atoms with E-state index in [1.54, 1.807) is 6.92 Å². The molecule has 3 rings (SSSR count). The van der Waals surface area contributed by atoms with Crippen molar-refractivity contribution in [3.63, 3.8) is 0 Å². The fourth-order valence-electron chi connectivity index (χ4n) is 2.84. The van der Waals surface area contributed by atoms with Gasteiger partial charge in [0, 0.05) is 5.56 Å². The number of carbonyl (C=O) groups is 1. The monoisotopic (exact) mass is 362 g/mol. The van der Waals surface area contributed by atoms with Gasteiger partial charge in [0.15, 0.2) is 11.6 Å². The van der Waals surface area contributed by atoms with Crippen LogP contribution in [0.4, 0.5) is 19.3 Å². The minimum Gasteiger partial charge on any atom is -0.491 e. The van der Waals surface area contributed by atoms with Gasteiger partial charge < -0.3 is 19.7 Å².